The zero-order valence-electron chi connectivity index (χ0n) is 13.8. The first-order valence-electron chi connectivity index (χ1n) is 7.22. The summed E-state index contributed by atoms with van der Waals surface area (Å²) in [4.78, 5) is 2.17. The maximum absolute atomic E-state index is 11.5. The van der Waals surface area contributed by atoms with Gasteiger partial charge < -0.3 is 9.63 Å². The third-order valence-corrected chi connectivity index (χ3v) is 4.72. The number of aryl methyl sites for hydroxylation is 1. The van der Waals surface area contributed by atoms with Crippen molar-refractivity contribution in [1.82, 2.24) is 10.1 Å². The van der Waals surface area contributed by atoms with E-state index in [9.17, 15) is 13.5 Å². The number of likely N-dealkylation sites (N-methyl/N-ethyl adjacent to an activating group) is 1. The Labute approximate surface area is 136 Å². The van der Waals surface area contributed by atoms with Crippen LogP contribution in [0.25, 0.3) is 0 Å². The molecule has 0 unspecified atom stereocenters. The zero-order chi connectivity index (χ0) is 17.3. The molecule has 1 aromatic carbocycles. The van der Waals surface area contributed by atoms with Crippen LogP contribution in [0.5, 0.6) is 0 Å². The SMILES string of the molecule is Cc1cc(CN(C)C[C@@](C)(O)c2ccc(S(C)(=O)=O)cc2)no1. The van der Waals surface area contributed by atoms with E-state index >= 15 is 0 Å². The minimum Gasteiger partial charge on any atom is -0.384 e. The van der Waals surface area contributed by atoms with Crippen molar-refractivity contribution in [2.45, 2.75) is 30.9 Å². The molecular weight excluding hydrogens is 316 g/mol. The summed E-state index contributed by atoms with van der Waals surface area (Å²) in [6.07, 6.45) is 1.16. The summed E-state index contributed by atoms with van der Waals surface area (Å²) in [7, 11) is -1.36. The summed E-state index contributed by atoms with van der Waals surface area (Å²) in [5.41, 5.74) is 0.352. The second kappa shape index (κ2) is 6.43. The number of aromatic nitrogens is 1. The van der Waals surface area contributed by atoms with E-state index in [0.717, 1.165) is 17.7 Å². The molecule has 126 valence electrons. The Morgan fingerprint density at radius 1 is 1.30 bits per heavy atom. The Hall–Kier alpha value is -1.70. The number of aliphatic hydroxyl groups is 1. The number of rotatable bonds is 6. The fourth-order valence-corrected chi connectivity index (χ4v) is 3.13. The van der Waals surface area contributed by atoms with E-state index in [4.69, 9.17) is 4.52 Å². The van der Waals surface area contributed by atoms with Crippen LogP contribution in [0.3, 0.4) is 0 Å². The van der Waals surface area contributed by atoms with E-state index in [2.05, 4.69) is 5.16 Å². The second-order valence-corrected chi connectivity index (χ2v) is 8.19. The van der Waals surface area contributed by atoms with Crippen molar-refractivity contribution >= 4 is 9.84 Å². The minimum atomic E-state index is -3.24. The van der Waals surface area contributed by atoms with E-state index in [-0.39, 0.29) is 4.90 Å². The number of hydrogen-bond acceptors (Lipinski definition) is 6. The molecule has 23 heavy (non-hydrogen) atoms. The van der Waals surface area contributed by atoms with Crippen molar-refractivity contribution in [1.29, 1.82) is 0 Å². The third kappa shape index (κ3) is 4.63. The molecule has 0 saturated carbocycles. The molecule has 6 nitrogen and oxygen atoms in total. The quantitative estimate of drug-likeness (QED) is 0.863. The highest BCUT2D eigenvalue weighted by Crippen LogP contribution is 2.23. The molecule has 2 rings (SSSR count). The normalized spacial score (nSPS) is 14.9. The van der Waals surface area contributed by atoms with Gasteiger partial charge in [-0.1, -0.05) is 17.3 Å². The lowest BCUT2D eigenvalue weighted by molar-refractivity contribution is 0.0208. The van der Waals surface area contributed by atoms with E-state index in [1.165, 1.54) is 12.1 Å². The number of hydrogen-bond donors (Lipinski definition) is 1. The smallest absolute Gasteiger partial charge is 0.175 e. The van der Waals surface area contributed by atoms with Gasteiger partial charge in [-0.15, -0.1) is 0 Å². The van der Waals surface area contributed by atoms with Crippen molar-refractivity contribution in [3.05, 3.63) is 47.3 Å². The van der Waals surface area contributed by atoms with Gasteiger partial charge in [0.25, 0.3) is 0 Å². The molecule has 0 fully saturated rings. The van der Waals surface area contributed by atoms with Gasteiger partial charge in [0.1, 0.15) is 5.76 Å². The van der Waals surface area contributed by atoms with Crippen LogP contribution in [-0.2, 0) is 22.0 Å². The van der Waals surface area contributed by atoms with Gasteiger partial charge in [-0.25, -0.2) is 8.42 Å². The van der Waals surface area contributed by atoms with Crippen molar-refractivity contribution in [3.63, 3.8) is 0 Å². The van der Waals surface area contributed by atoms with Crippen molar-refractivity contribution in [3.8, 4) is 0 Å². The minimum absolute atomic E-state index is 0.239. The number of sulfone groups is 1. The van der Waals surface area contributed by atoms with Crippen LogP contribution in [0.1, 0.15) is 23.9 Å². The van der Waals surface area contributed by atoms with Crippen molar-refractivity contribution < 1.29 is 18.0 Å². The lowest BCUT2D eigenvalue weighted by atomic mass is 9.95. The van der Waals surface area contributed by atoms with Crippen LogP contribution in [0.2, 0.25) is 0 Å². The maximum Gasteiger partial charge on any atom is 0.175 e. The number of nitrogens with zero attached hydrogens (tertiary/aromatic N) is 2. The summed E-state index contributed by atoms with van der Waals surface area (Å²) in [6.45, 7) is 4.45. The van der Waals surface area contributed by atoms with Crippen molar-refractivity contribution in [2.24, 2.45) is 0 Å². The Morgan fingerprint density at radius 2 is 1.91 bits per heavy atom. The van der Waals surface area contributed by atoms with Crippen LogP contribution >= 0.6 is 0 Å². The molecule has 7 heteroatoms. The molecule has 0 aliphatic carbocycles. The van der Waals surface area contributed by atoms with Gasteiger partial charge in [0.05, 0.1) is 16.2 Å². The Bertz CT molecular complexity index is 764. The fraction of sp³-hybridized carbons (Fsp3) is 0.438. The highest BCUT2D eigenvalue weighted by atomic mass is 32.2. The molecule has 0 aliphatic heterocycles. The molecule has 2 aromatic rings. The van der Waals surface area contributed by atoms with Crippen LogP contribution < -0.4 is 0 Å². The van der Waals surface area contributed by atoms with E-state index in [1.54, 1.807) is 19.1 Å². The molecule has 1 atom stereocenters. The molecule has 0 amide bonds. The molecule has 1 N–H and O–H groups in total. The Balaban J connectivity index is 2.08. The highest BCUT2D eigenvalue weighted by Gasteiger charge is 2.25. The van der Waals surface area contributed by atoms with Gasteiger partial charge in [0.15, 0.2) is 9.84 Å². The first-order valence-corrected chi connectivity index (χ1v) is 9.11. The number of benzene rings is 1. The van der Waals surface area contributed by atoms with Crippen LogP contribution in [-0.4, -0.2) is 43.4 Å². The van der Waals surface area contributed by atoms with Crippen molar-refractivity contribution in [2.75, 3.05) is 19.8 Å². The molecule has 0 bridgehead atoms. The molecule has 0 spiro atoms. The summed E-state index contributed by atoms with van der Waals surface area (Å²) in [6, 6.07) is 8.17. The molecule has 0 radical (unpaired) electrons. The van der Waals surface area contributed by atoms with Gasteiger partial charge in [0.2, 0.25) is 0 Å². The summed E-state index contributed by atoms with van der Waals surface area (Å²) in [5, 5.41) is 14.6. The Morgan fingerprint density at radius 3 is 2.39 bits per heavy atom. The predicted octanol–water partition coefficient (Wildman–Crippen LogP) is 1.73. The first kappa shape index (κ1) is 17.7. The molecular formula is C16H22N2O4S. The van der Waals surface area contributed by atoms with Gasteiger partial charge in [-0.2, -0.15) is 0 Å². The molecule has 0 saturated heterocycles. The van der Waals surface area contributed by atoms with Gasteiger partial charge in [-0.05, 0) is 38.6 Å². The van der Waals surface area contributed by atoms with E-state index in [0.29, 0.717) is 18.7 Å². The van der Waals surface area contributed by atoms with Gasteiger partial charge >= 0.3 is 0 Å². The first-order chi connectivity index (χ1) is 10.6. The molecule has 1 aromatic heterocycles. The lowest BCUT2D eigenvalue weighted by Crippen LogP contribution is -2.36. The fourth-order valence-electron chi connectivity index (χ4n) is 2.50. The third-order valence-electron chi connectivity index (χ3n) is 3.59. The monoisotopic (exact) mass is 338 g/mol. The zero-order valence-corrected chi connectivity index (χ0v) is 14.6. The highest BCUT2D eigenvalue weighted by molar-refractivity contribution is 7.90. The van der Waals surface area contributed by atoms with Gasteiger partial charge in [-0.3, -0.25) is 4.90 Å². The van der Waals surface area contributed by atoms with E-state index in [1.807, 2.05) is 24.9 Å². The Kier molecular flexibility index (Phi) is 4.93. The second-order valence-electron chi connectivity index (χ2n) is 6.17. The van der Waals surface area contributed by atoms with Crippen LogP contribution in [0, 0.1) is 6.92 Å². The summed E-state index contributed by atoms with van der Waals surface area (Å²) in [5.74, 6) is 0.747. The average molecular weight is 338 g/mol. The van der Waals surface area contributed by atoms with E-state index < -0.39 is 15.4 Å². The topological polar surface area (TPSA) is 83.6 Å². The largest absolute Gasteiger partial charge is 0.384 e. The summed E-state index contributed by atoms with van der Waals surface area (Å²) < 4.78 is 28.0. The molecule has 1 heterocycles. The summed E-state index contributed by atoms with van der Waals surface area (Å²) >= 11 is 0. The maximum atomic E-state index is 11.5. The van der Waals surface area contributed by atoms with Gasteiger partial charge in [0, 0.05) is 25.4 Å². The predicted molar refractivity (Wildman–Crippen MR) is 86.7 cm³/mol. The average Bonchev–Trinajstić information content (AvgIpc) is 2.82. The standard InChI is InChI=1S/C16H22N2O4S/c1-12-9-14(17-22-12)10-18(3)11-16(2,19)13-5-7-15(8-6-13)23(4,20)21/h5-9,19H,10-11H2,1-4H3/t16-/m1/s1. The molecule has 0 aliphatic rings. The van der Waals surface area contributed by atoms with Crippen LogP contribution in [0.15, 0.2) is 39.8 Å². The van der Waals surface area contributed by atoms with Crippen LogP contribution in [0.4, 0.5) is 0 Å². The lowest BCUT2D eigenvalue weighted by Gasteiger charge is -2.29.